The summed E-state index contributed by atoms with van der Waals surface area (Å²) in [5, 5.41) is 1.63. The lowest BCUT2D eigenvalue weighted by atomic mass is 9.98. The molecule has 1 aromatic heterocycles. The Labute approximate surface area is 219 Å². The summed E-state index contributed by atoms with van der Waals surface area (Å²) < 4.78 is 6.94. The van der Waals surface area contributed by atoms with Gasteiger partial charge in [-0.3, -0.25) is 4.79 Å². The summed E-state index contributed by atoms with van der Waals surface area (Å²) in [6.45, 7) is 13.7. The number of amidine groups is 1. The largest absolute Gasteiger partial charge is 0.387 e. The monoisotopic (exact) mass is 498 g/mol. The van der Waals surface area contributed by atoms with Crippen LogP contribution < -0.4 is 11.3 Å². The van der Waals surface area contributed by atoms with Crippen molar-refractivity contribution < 1.29 is 4.74 Å². The lowest BCUT2D eigenvalue weighted by Gasteiger charge is -2.27. The molecule has 0 saturated heterocycles. The van der Waals surface area contributed by atoms with Crippen LogP contribution in [-0.4, -0.2) is 42.1 Å². The highest BCUT2D eigenvalue weighted by atomic mass is 16.5. The molecule has 0 unspecified atom stereocenters. The maximum absolute atomic E-state index is 13.0. The number of aryl methyl sites for hydroxylation is 1. The van der Waals surface area contributed by atoms with Crippen LogP contribution in [0.15, 0.2) is 70.1 Å². The number of fused-ring (bicyclic) bond motifs is 2. The number of methoxy groups -OCH3 is 1. The molecule has 3 aromatic rings. The van der Waals surface area contributed by atoms with Crippen LogP contribution in [0.25, 0.3) is 28.0 Å². The number of nitrogens with zero attached hydrogens (tertiary/aromatic N) is 3. The molecule has 1 aliphatic heterocycles. The SMILES string of the molecule is C=C(C1=Cc2ccc(-c3ccc4c(=O)n(CCOC)c(C)cc4c3)cc2N=C(N)C1)N(CCC)CCC. The first-order valence-corrected chi connectivity index (χ1v) is 13.1. The van der Waals surface area contributed by atoms with Gasteiger partial charge < -0.3 is 19.9 Å². The minimum absolute atomic E-state index is 0.0102. The van der Waals surface area contributed by atoms with Crippen LogP contribution in [0, 0.1) is 6.92 Å². The number of pyridine rings is 1. The Morgan fingerprint density at radius 2 is 1.81 bits per heavy atom. The van der Waals surface area contributed by atoms with Gasteiger partial charge >= 0.3 is 0 Å². The number of nitrogens with two attached hydrogens (primary N) is 1. The average molecular weight is 499 g/mol. The molecule has 2 N–H and O–H groups in total. The van der Waals surface area contributed by atoms with Gasteiger partial charge in [-0.2, -0.15) is 0 Å². The van der Waals surface area contributed by atoms with E-state index in [9.17, 15) is 4.79 Å². The highest BCUT2D eigenvalue weighted by molar-refractivity contribution is 5.93. The number of hydrogen-bond acceptors (Lipinski definition) is 5. The van der Waals surface area contributed by atoms with Crippen LogP contribution in [-0.2, 0) is 11.3 Å². The number of aromatic nitrogens is 1. The van der Waals surface area contributed by atoms with Crippen molar-refractivity contribution in [3.05, 3.63) is 81.9 Å². The molecule has 37 heavy (non-hydrogen) atoms. The Hall–Kier alpha value is -3.64. The minimum Gasteiger partial charge on any atom is -0.387 e. The molecule has 1 aliphatic rings. The summed E-state index contributed by atoms with van der Waals surface area (Å²) in [4.78, 5) is 20.1. The molecule has 0 radical (unpaired) electrons. The van der Waals surface area contributed by atoms with Crippen LogP contribution >= 0.6 is 0 Å². The molecule has 0 aliphatic carbocycles. The number of ether oxygens (including phenoxy) is 1. The summed E-state index contributed by atoms with van der Waals surface area (Å²) in [7, 11) is 1.65. The maximum Gasteiger partial charge on any atom is 0.258 e. The summed E-state index contributed by atoms with van der Waals surface area (Å²) in [6.07, 6.45) is 4.90. The molecule has 0 saturated carbocycles. The Balaban J connectivity index is 1.70. The van der Waals surface area contributed by atoms with E-state index in [1.54, 1.807) is 11.7 Å². The highest BCUT2D eigenvalue weighted by Gasteiger charge is 2.17. The van der Waals surface area contributed by atoms with E-state index < -0.39 is 0 Å². The van der Waals surface area contributed by atoms with Crippen molar-refractivity contribution in [3.8, 4) is 11.1 Å². The fourth-order valence-corrected chi connectivity index (χ4v) is 5.01. The molecule has 6 nitrogen and oxygen atoms in total. The normalized spacial score (nSPS) is 13.1. The minimum atomic E-state index is 0.0102. The molecule has 6 heteroatoms. The lowest BCUT2D eigenvalue weighted by Crippen LogP contribution is -2.26. The van der Waals surface area contributed by atoms with Crippen molar-refractivity contribution in [3.63, 3.8) is 0 Å². The number of aliphatic imine (C=N–C) groups is 1. The molecular weight excluding hydrogens is 460 g/mol. The average Bonchev–Trinajstić information content (AvgIpc) is 3.05. The number of rotatable bonds is 10. The quantitative estimate of drug-likeness (QED) is 0.370. The second-order valence-corrected chi connectivity index (χ2v) is 9.69. The van der Waals surface area contributed by atoms with E-state index in [1.807, 2.05) is 19.1 Å². The van der Waals surface area contributed by atoms with Crippen molar-refractivity contribution in [1.82, 2.24) is 9.47 Å². The predicted octanol–water partition coefficient (Wildman–Crippen LogP) is 6.03. The van der Waals surface area contributed by atoms with E-state index in [-0.39, 0.29) is 5.56 Å². The van der Waals surface area contributed by atoms with Crippen molar-refractivity contribution >= 4 is 28.4 Å². The molecule has 0 spiro atoms. The van der Waals surface area contributed by atoms with Crippen LogP contribution in [0.3, 0.4) is 0 Å². The standard InChI is InChI=1S/C31H38N4O2/c1-6-12-34(13-7-2)22(4)26-18-25-9-8-24(19-29(25)33-30(32)20-26)23-10-11-28-27(17-23)16-21(3)35(31(28)36)14-15-37-5/h8-11,16-19H,4,6-7,12-15,20H2,1-3,5H3,(H2,32,33). The van der Waals surface area contributed by atoms with Gasteiger partial charge in [-0.05, 0) is 72.2 Å². The summed E-state index contributed by atoms with van der Waals surface area (Å²) in [5.41, 5.74) is 13.4. The van der Waals surface area contributed by atoms with Gasteiger partial charge in [0.15, 0.2) is 0 Å². The van der Waals surface area contributed by atoms with E-state index in [0.717, 1.165) is 70.7 Å². The molecule has 2 aromatic carbocycles. The number of hydrogen-bond donors (Lipinski definition) is 1. The molecule has 0 bridgehead atoms. The second-order valence-electron chi connectivity index (χ2n) is 9.69. The van der Waals surface area contributed by atoms with Gasteiger partial charge in [-0.1, -0.05) is 38.6 Å². The van der Waals surface area contributed by atoms with E-state index in [1.165, 1.54) is 0 Å². The predicted molar refractivity (Wildman–Crippen MR) is 155 cm³/mol. The van der Waals surface area contributed by atoms with E-state index >= 15 is 0 Å². The molecule has 4 rings (SSSR count). The van der Waals surface area contributed by atoms with Gasteiger partial charge in [0.2, 0.25) is 0 Å². The first kappa shape index (κ1) is 26.4. The van der Waals surface area contributed by atoms with Gasteiger partial charge in [0.25, 0.3) is 5.56 Å². The smallest absolute Gasteiger partial charge is 0.258 e. The Morgan fingerprint density at radius 1 is 1.11 bits per heavy atom. The highest BCUT2D eigenvalue weighted by Crippen LogP contribution is 2.34. The molecular formula is C31H38N4O2. The first-order valence-electron chi connectivity index (χ1n) is 13.1. The zero-order valence-electron chi connectivity index (χ0n) is 22.5. The molecule has 0 atom stereocenters. The van der Waals surface area contributed by atoms with Gasteiger partial charge in [-0.25, -0.2) is 4.99 Å². The van der Waals surface area contributed by atoms with Crippen molar-refractivity contribution in [2.45, 2.75) is 46.6 Å². The summed E-state index contributed by atoms with van der Waals surface area (Å²) in [5.74, 6) is 0.585. The van der Waals surface area contributed by atoms with Gasteiger partial charge in [-0.15, -0.1) is 0 Å². The third-order valence-corrected chi connectivity index (χ3v) is 6.90. The summed E-state index contributed by atoms with van der Waals surface area (Å²) in [6, 6.07) is 14.3. The number of benzene rings is 2. The number of allylic oxidation sites excluding steroid dienone is 1. The molecule has 194 valence electrons. The van der Waals surface area contributed by atoms with E-state index in [0.29, 0.717) is 30.8 Å². The zero-order valence-corrected chi connectivity index (χ0v) is 22.5. The van der Waals surface area contributed by atoms with Crippen molar-refractivity contribution in [1.29, 1.82) is 0 Å². The van der Waals surface area contributed by atoms with Crippen LogP contribution in [0.4, 0.5) is 5.69 Å². The van der Waals surface area contributed by atoms with Gasteiger partial charge in [0.05, 0.1) is 12.3 Å². The van der Waals surface area contributed by atoms with E-state index in [4.69, 9.17) is 15.5 Å². The third kappa shape index (κ3) is 5.70. The zero-order chi connectivity index (χ0) is 26.5. The lowest BCUT2D eigenvalue weighted by molar-refractivity contribution is 0.185. The van der Waals surface area contributed by atoms with Crippen molar-refractivity contribution in [2.24, 2.45) is 10.7 Å². The van der Waals surface area contributed by atoms with Gasteiger partial charge in [0, 0.05) is 55.5 Å². The van der Waals surface area contributed by atoms with E-state index in [2.05, 4.69) is 61.7 Å². The third-order valence-electron chi connectivity index (χ3n) is 6.90. The summed E-state index contributed by atoms with van der Waals surface area (Å²) >= 11 is 0. The van der Waals surface area contributed by atoms with Crippen LogP contribution in [0.5, 0.6) is 0 Å². The molecule has 0 amide bonds. The fourth-order valence-electron chi connectivity index (χ4n) is 5.01. The molecule has 2 heterocycles. The van der Waals surface area contributed by atoms with Crippen molar-refractivity contribution in [2.75, 3.05) is 26.8 Å². The van der Waals surface area contributed by atoms with Gasteiger partial charge in [0.1, 0.15) is 5.84 Å². The van der Waals surface area contributed by atoms with Crippen LogP contribution in [0.1, 0.15) is 44.4 Å². The fraction of sp³-hybridized carbons (Fsp3) is 0.355. The molecule has 0 fully saturated rings. The Morgan fingerprint density at radius 3 is 2.51 bits per heavy atom. The first-order chi connectivity index (χ1) is 17.9. The topological polar surface area (TPSA) is 72.8 Å². The maximum atomic E-state index is 13.0. The Bertz CT molecular complexity index is 1430. The second kappa shape index (κ2) is 11.6. The van der Waals surface area contributed by atoms with Crippen LogP contribution in [0.2, 0.25) is 0 Å². The Kier molecular flexibility index (Phi) is 8.29.